The Balaban J connectivity index is 2.10. The third-order valence-electron chi connectivity index (χ3n) is 3.14. The Kier molecular flexibility index (Phi) is 4.79. The van der Waals surface area contributed by atoms with Crippen molar-refractivity contribution in [1.29, 1.82) is 0 Å². The Labute approximate surface area is 115 Å². The van der Waals surface area contributed by atoms with Gasteiger partial charge in [-0.05, 0) is 12.1 Å². The van der Waals surface area contributed by atoms with Gasteiger partial charge in [0.05, 0.1) is 13.7 Å². The van der Waals surface area contributed by atoms with E-state index in [9.17, 15) is 15.3 Å². The van der Waals surface area contributed by atoms with Crippen LogP contribution in [0.1, 0.15) is 0 Å². The standard InChI is InChI=1S/C13H18O7/c1-18-7-3-2-4-8(5-7)19-13-12(17)11(16)10(15)9(6-14)20-13/h2-5,9-17H,6H2,1H3. The summed E-state index contributed by atoms with van der Waals surface area (Å²) in [5.74, 6) is 0.931. The summed E-state index contributed by atoms with van der Waals surface area (Å²) in [4.78, 5) is 0. The Morgan fingerprint density at radius 1 is 1.10 bits per heavy atom. The van der Waals surface area contributed by atoms with E-state index in [1.807, 2.05) is 0 Å². The van der Waals surface area contributed by atoms with Crippen molar-refractivity contribution in [2.45, 2.75) is 30.7 Å². The SMILES string of the molecule is COc1cccc(OC2OC(CO)C(O)C(O)C2O)c1. The fourth-order valence-corrected chi connectivity index (χ4v) is 1.97. The minimum Gasteiger partial charge on any atom is -0.497 e. The molecule has 1 heterocycles. The minimum absolute atomic E-state index is 0.369. The highest BCUT2D eigenvalue weighted by molar-refractivity contribution is 5.33. The average molecular weight is 286 g/mol. The maximum Gasteiger partial charge on any atom is 0.229 e. The van der Waals surface area contributed by atoms with E-state index < -0.39 is 37.3 Å². The highest BCUT2D eigenvalue weighted by Crippen LogP contribution is 2.26. The topological polar surface area (TPSA) is 109 Å². The third-order valence-corrected chi connectivity index (χ3v) is 3.14. The van der Waals surface area contributed by atoms with E-state index in [0.717, 1.165) is 0 Å². The van der Waals surface area contributed by atoms with Crippen molar-refractivity contribution < 1.29 is 34.6 Å². The number of hydrogen-bond donors (Lipinski definition) is 4. The quantitative estimate of drug-likeness (QED) is 0.555. The lowest BCUT2D eigenvalue weighted by molar-refractivity contribution is -0.277. The fraction of sp³-hybridized carbons (Fsp3) is 0.538. The van der Waals surface area contributed by atoms with Crippen molar-refractivity contribution in [1.82, 2.24) is 0 Å². The molecule has 1 aromatic rings. The van der Waals surface area contributed by atoms with Crippen LogP contribution >= 0.6 is 0 Å². The summed E-state index contributed by atoms with van der Waals surface area (Å²) in [6, 6.07) is 6.63. The van der Waals surface area contributed by atoms with Gasteiger partial charge in [-0.25, -0.2) is 0 Å². The Morgan fingerprint density at radius 3 is 2.45 bits per heavy atom. The summed E-state index contributed by atoms with van der Waals surface area (Å²) in [7, 11) is 1.51. The number of hydrogen-bond acceptors (Lipinski definition) is 7. The van der Waals surface area contributed by atoms with Gasteiger partial charge >= 0.3 is 0 Å². The van der Waals surface area contributed by atoms with Gasteiger partial charge in [-0.1, -0.05) is 6.07 Å². The molecule has 1 aromatic carbocycles. The summed E-state index contributed by atoms with van der Waals surface area (Å²) < 4.78 is 15.7. The molecule has 112 valence electrons. The average Bonchev–Trinajstić information content (AvgIpc) is 2.48. The Hall–Kier alpha value is -1.38. The lowest BCUT2D eigenvalue weighted by Crippen LogP contribution is -2.60. The number of aliphatic hydroxyl groups is 4. The van der Waals surface area contributed by atoms with Crippen molar-refractivity contribution in [2.75, 3.05) is 13.7 Å². The molecule has 1 aliphatic heterocycles. The highest BCUT2D eigenvalue weighted by atomic mass is 16.7. The van der Waals surface area contributed by atoms with Crippen LogP contribution in [-0.2, 0) is 4.74 Å². The normalized spacial score (nSPS) is 33.8. The van der Waals surface area contributed by atoms with Gasteiger partial charge in [0.25, 0.3) is 0 Å². The van der Waals surface area contributed by atoms with Crippen LogP contribution in [0.5, 0.6) is 11.5 Å². The van der Waals surface area contributed by atoms with Crippen LogP contribution in [-0.4, -0.2) is 64.8 Å². The molecule has 1 aliphatic rings. The van der Waals surface area contributed by atoms with Gasteiger partial charge in [0.2, 0.25) is 6.29 Å². The number of ether oxygens (including phenoxy) is 3. The smallest absolute Gasteiger partial charge is 0.229 e. The van der Waals surface area contributed by atoms with Gasteiger partial charge < -0.3 is 34.6 Å². The molecule has 0 spiro atoms. The van der Waals surface area contributed by atoms with Crippen molar-refractivity contribution in [3.63, 3.8) is 0 Å². The number of methoxy groups -OCH3 is 1. The first-order valence-corrected chi connectivity index (χ1v) is 6.18. The van der Waals surface area contributed by atoms with Crippen LogP contribution in [0.3, 0.4) is 0 Å². The van der Waals surface area contributed by atoms with E-state index in [1.54, 1.807) is 24.3 Å². The molecular weight excluding hydrogens is 268 g/mol. The summed E-state index contributed by atoms with van der Waals surface area (Å²) >= 11 is 0. The molecule has 7 heteroatoms. The summed E-state index contributed by atoms with van der Waals surface area (Å²) in [6.07, 6.45) is -6.49. The molecule has 1 fully saturated rings. The summed E-state index contributed by atoms with van der Waals surface area (Å²) in [5.41, 5.74) is 0. The second-order valence-electron chi connectivity index (χ2n) is 4.49. The zero-order chi connectivity index (χ0) is 14.7. The zero-order valence-corrected chi connectivity index (χ0v) is 10.9. The van der Waals surface area contributed by atoms with Gasteiger partial charge in [0.15, 0.2) is 0 Å². The second kappa shape index (κ2) is 6.38. The first kappa shape index (κ1) is 15.0. The molecule has 0 bridgehead atoms. The van der Waals surface area contributed by atoms with Crippen LogP contribution in [0.15, 0.2) is 24.3 Å². The minimum atomic E-state index is -1.46. The maximum absolute atomic E-state index is 9.84. The van der Waals surface area contributed by atoms with Gasteiger partial charge in [-0.15, -0.1) is 0 Å². The van der Waals surface area contributed by atoms with Gasteiger partial charge in [-0.3, -0.25) is 0 Å². The Morgan fingerprint density at radius 2 is 1.80 bits per heavy atom. The molecule has 0 saturated carbocycles. The van der Waals surface area contributed by atoms with Crippen molar-refractivity contribution in [2.24, 2.45) is 0 Å². The molecule has 1 saturated heterocycles. The van der Waals surface area contributed by atoms with Crippen molar-refractivity contribution >= 4 is 0 Å². The largest absolute Gasteiger partial charge is 0.497 e. The van der Waals surface area contributed by atoms with Crippen molar-refractivity contribution in [3.05, 3.63) is 24.3 Å². The molecule has 0 radical (unpaired) electrons. The van der Waals surface area contributed by atoms with Gasteiger partial charge in [-0.2, -0.15) is 0 Å². The molecule has 5 atom stereocenters. The van der Waals surface area contributed by atoms with Crippen LogP contribution in [0, 0.1) is 0 Å². The highest BCUT2D eigenvalue weighted by Gasteiger charge is 2.44. The van der Waals surface area contributed by atoms with Crippen LogP contribution < -0.4 is 9.47 Å². The van der Waals surface area contributed by atoms with Crippen LogP contribution in [0.4, 0.5) is 0 Å². The maximum atomic E-state index is 9.84. The first-order valence-electron chi connectivity index (χ1n) is 6.18. The van der Waals surface area contributed by atoms with E-state index in [2.05, 4.69) is 0 Å². The number of benzene rings is 1. The first-order chi connectivity index (χ1) is 9.56. The summed E-state index contributed by atoms with van der Waals surface area (Å²) in [6.45, 7) is -0.497. The molecule has 4 N–H and O–H groups in total. The van der Waals surface area contributed by atoms with Crippen LogP contribution in [0.2, 0.25) is 0 Å². The molecule has 0 amide bonds. The second-order valence-corrected chi connectivity index (χ2v) is 4.49. The number of rotatable bonds is 4. The predicted octanol–water partition coefficient (Wildman–Crippen LogP) is -1.13. The fourth-order valence-electron chi connectivity index (χ4n) is 1.97. The summed E-state index contributed by atoms with van der Waals surface area (Å²) in [5, 5.41) is 38.2. The van der Waals surface area contributed by atoms with E-state index >= 15 is 0 Å². The van der Waals surface area contributed by atoms with E-state index in [0.29, 0.717) is 11.5 Å². The van der Waals surface area contributed by atoms with Gasteiger partial charge in [0, 0.05) is 6.07 Å². The molecule has 7 nitrogen and oxygen atoms in total. The number of aliphatic hydroxyl groups excluding tert-OH is 4. The Bertz CT molecular complexity index is 436. The zero-order valence-electron chi connectivity index (χ0n) is 10.9. The molecular formula is C13H18O7. The van der Waals surface area contributed by atoms with E-state index in [-0.39, 0.29) is 0 Å². The lowest BCUT2D eigenvalue weighted by Gasteiger charge is -2.39. The molecule has 2 rings (SSSR count). The van der Waals surface area contributed by atoms with Crippen molar-refractivity contribution in [3.8, 4) is 11.5 Å². The van der Waals surface area contributed by atoms with E-state index in [1.165, 1.54) is 7.11 Å². The van der Waals surface area contributed by atoms with Crippen LogP contribution in [0.25, 0.3) is 0 Å². The molecule has 0 aliphatic carbocycles. The van der Waals surface area contributed by atoms with Gasteiger partial charge in [0.1, 0.15) is 35.9 Å². The molecule has 20 heavy (non-hydrogen) atoms. The lowest BCUT2D eigenvalue weighted by atomic mass is 9.99. The van der Waals surface area contributed by atoms with E-state index in [4.69, 9.17) is 19.3 Å². The predicted molar refractivity (Wildman–Crippen MR) is 67.4 cm³/mol. The molecule has 0 aromatic heterocycles. The third kappa shape index (κ3) is 3.02. The monoisotopic (exact) mass is 286 g/mol. The molecule has 5 unspecified atom stereocenters.